The summed E-state index contributed by atoms with van der Waals surface area (Å²) in [6, 6.07) is 2.52. The standard InChI is InChI=1S/C14H17NO6S/c1-3-9(14(16)17)4-5-10-6-11(22(18,19)20)7-12-13(10)15-8(2)21-12/h6-7,9H,3-5H2,1-2H3,(H,16,17)(H,18,19,20). The number of oxazole rings is 1. The van der Waals surface area contributed by atoms with Gasteiger partial charge >= 0.3 is 5.97 Å². The van der Waals surface area contributed by atoms with Gasteiger partial charge in [-0.3, -0.25) is 9.35 Å². The van der Waals surface area contributed by atoms with E-state index in [4.69, 9.17) is 9.52 Å². The fourth-order valence-corrected chi connectivity index (χ4v) is 2.90. The maximum Gasteiger partial charge on any atom is 0.306 e. The Balaban J connectivity index is 2.44. The van der Waals surface area contributed by atoms with Gasteiger partial charge in [0.25, 0.3) is 10.1 Å². The van der Waals surface area contributed by atoms with E-state index in [-0.39, 0.29) is 10.5 Å². The number of nitrogens with zero attached hydrogens (tertiary/aromatic N) is 1. The highest BCUT2D eigenvalue weighted by Gasteiger charge is 2.20. The third kappa shape index (κ3) is 3.45. The highest BCUT2D eigenvalue weighted by molar-refractivity contribution is 7.85. The molecule has 0 aliphatic carbocycles. The van der Waals surface area contributed by atoms with Crippen molar-refractivity contribution in [1.29, 1.82) is 0 Å². The monoisotopic (exact) mass is 327 g/mol. The van der Waals surface area contributed by atoms with Crippen LogP contribution in [0.15, 0.2) is 21.4 Å². The molecule has 2 aromatic rings. The van der Waals surface area contributed by atoms with E-state index in [0.717, 1.165) is 0 Å². The predicted molar refractivity (Wildman–Crippen MR) is 78.3 cm³/mol. The summed E-state index contributed by atoms with van der Waals surface area (Å²) >= 11 is 0. The maximum absolute atomic E-state index is 11.3. The highest BCUT2D eigenvalue weighted by Crippen LogP contribution is 2.26. The second kappa shape index (κ2) is 6.05. The van der Waals surface area contributed by atoms with Crippen LogP contribution in [0.5, 0.6) is 0 Å². The summed E-state index contributed by atoms with van der Waals surface area (Å²) in [4.78, 5) is 15.0. The molecule has 1 unspecified atom stereocenters. The number of carboxylic acids is 1. The van der Waals surface area contributed by atoms with Crippen LogP contribution in [0.4, 0.5) is 0 Å². The molecule has 22 heavy (non-hydrogen) atoms. The molecule has 1 atom stereocenters. The first-order chi connectivity index (χ1) is 10.2. The fraction of sp³-hybridized carbons (Fsp3) is 0.429. The lowest BCUT2D eigenvalue weighted by Crippen LogP contribution is -2.13. The Kier molecular flexibility index (Phi) is 4.52. The summed E-state index contributed by atoms with van der Waals surface area (Å²) in [5.74, 6) is -1.03. The van der Waals surface area contributed by atoms with Gasteiger partial charge in [0.1, 0.15) is 5.52 Å². The van der Waals surface area contributed by atoms with Gasteiger partial charge in [-0.1, -0.05) is 6.92 Å². The van der Waals surface area contributed by atoms with Crippen LogP contribution in [0, 0.1) is 12.8 Å². The van der Waals surface area contributed by atoms with Gasteiger partial charge in [0.05, 0.1) is 10.8 Å². The number of benzene rings is 1. The lowest BCUT2D eigenvalue weighted by Gasteiger charge is -2.10. The van der Waals surface area contributed by atoms with Crippen LogP contribution in [-0.4, -0.2) is 29.0 Å². The van der Waals surface area contributed by atoms with Crippen molar-refractivity contribution < 1.29 is 27.3 Å². The van der Waals surface area contributed by atoms with Crippen LogP contribution in [0.1, 0.15) is 31.2 Å². The molecule has 0 spiro atoms. The number of fused-ring (bicyclic) bond motifs is 1. The number of aliphatic carboxylic acids is 1. The Morgan fingerprint density at radius 1 is 1.41 bits per heavy atom. The lowest BCUT2D eigenvalue weighted by molar-refractivity contribution is -0.142. The predicted octanol–water partition coefficient (Wildman–Crippen LogP) is 2.43. The number of hydrogen-bond donors (Lipinski definition) is 2. The molecular formula is C14H17NO6S. The molecule has 0 aliphatic heterocycles. The van der Waals surface area contributed by atoms with Crippen molar-refractivity contribution in [3.05, 3.63) is 23.6 Å². The molecule has 2 rings (SSSR count). The summed E-state index contributed by atoms with van der Waals surface area (Å²) < 4.78 is 37.2. The smallest absolute Gasteiger partial charge is 0.306 e. The normalized spacial score (nSPS) is 13.4. The molecule has 0 radical (unpaired) electrons. The molecule has 0 fully saturated rings. The van der Waals surface area contributed by atoms with Crippen LogP contribution in [0.25, 0.3) is 11.1 Å². The van der Waals surface area contributed by atoms with Crippen LogP contribution >= 0.6 is 0 Å². The van der Waals surface area contributed by atoms with Gasteiger partial charge in [-0.15, -0.1) is 0 Å². The minimum absolute atomic E-state index is 0.256. The van der Waals surface area contributed by atoms with E-state index in [1.54, 1.807) is 13.8 Å². The Bertz CT molecular complexity index is 808. The zero-order valence-electron chi connectivity index (χ0n) is 12.2. The van der Waals surface area contributed by atoms with Gasteiger partial charge in [0.15, 0.2) is 11.5 Å². The SMILES string of the molecule is CCC(CCc1cc(S(=O)(=O)O)cc2oc(C)nc12)C(=O)O. The second-order valence-electron chi connectivity index (χ2n) is 5.12. The van der Waals surface area contributed by atoms with Crippen molar-refractivity contribution in [2.75, 3.05) is 0 Å². The van der Waals surface area contributed by atoms with Crippen LogP contribution in [0.3, 0.4) is 0 Å². The molecule has 1 heterocycles. The van der Waals surface area contributed by atoms with Crippen LogP contribution < -0.4 is 0 Å². The average molecular weight is 327 g/mol. The van der Waals surface area contributed by atoms with Gasteiger partial charge in [0.2, 0.25) is 0 Å². The molecular weight excluding hydrogens is 310 g/mol. The summed E-state index contributed by atoms with van der Waals surface area (Å²) in [6.07, 6.45) is 1.16. The molecule has 1 aromatic heterocycles. The first-order valence-electron chi connectivity index (χ1n) is 6.82. The lowest BCUT2D eigenvalue weighted by atomic mass is 9.97. The number of carbonyl (C=O) groups is 1. The van der Waals surface area contributed by atoms with Crippen molar-refractivity contribution in [2.24, 2.45) is 5.92 Å². The van der Waals surface area contributed by atoms with Crippen molar-refractivity contribution in [2.45, 2.75) is 38.0 Å². The first-order valence-corrected chi connectivity index (χ1v) is 8.26. The number of carboxylic acid groups (broad SMARTS) is 1. The number of aromatic nitrogens is 1. The van der Waals surface area contributed by atoms with Crippen molar-refractivity contribution in [1.82, 2.24) is 4.98 Å². The van der Waals surface area contributed by atoms with Crippen LogP contribution in [0.2, 0.25) is 0 Å². The molecule has 0 amide bonds. The van der Waals surface area contributed by atoms with E-state index in [0.29, 0.717) is 36.2 Å². The number of aryl methyl sites for hydroxylation is 2. The van der Waals surface area contributed by atoms with Gasteiger partial charge in [0, 0.05) is 13.0 Å². The quantitative estimate of drug-likeness (QED) is 0.782. The Hall–Kier alpha value is -1.93. The fourth-order valence-electron chi connectivity index (χ4n) is 2.35. The molecule has 2 N–H and O–H groups in total. The zero-order chi connectivity index (χ0) is 16.5. The van der Waals surface area contributed by atoms with Gasteiger partial charge < -0.3 is 9.52 Å². The van der Waals surface area contributed by atoms with E-state index in [1.165, 1.54) is 12.1 Å². The summed E-state index contributed by atoms with van der Waals surface area (Å²) in [6.45, 7) is 3.41. The molecule has 120 valence electrons. The Labute approximate surface area is 127 Å². The zero-order valence-corrected chi connectivity index (χ0v) is 13.1. The number of hydrogen-bond acceptors (Lipinski definition) is 5. The maximum atomic E-state index is 11.3. The minimum Gasteiger partial charge on any atom is -0.481 e. The van der Waals surface area contributed by atoms with E-state index in [9.17, 15) is 17.8 Å². The second-order valence-corrected chi connectivity index (χ2v) is 6.54. The van der Waals surface area contributed by atoms with Gasteiger partial charge in [-0.05, 0) is 30.9 Å². The van der Waals surface area contributed by atoms with Gasteiger partial charge in [-0.25, -0.2) is 4.98 Å². The third-order valence-corrected chi connectivity index (χ3v) is 4.39. The third-order valence-electron chi connectivity index (χ3n) is 3.56. The van der Waals surface area contributed by atoms with Crippen molar-refractivity contribution >= 4 is 27.2 Å². The molecule has 0 saturated heterocycles. The Morgan fingerprint density at radius 2 is 2.09 bits per heavy atom. The summed E-state index contributed by atoms with van der Waals surface area (Å²) in [5.41, 5.74) is 1.29. The van der Waals surface area contributed by atoms with E-state index in [1.807, 2.05) is 0 Å². The van der Waals surface area contributed by atoms with Crippen LogP contribution in [-0.2, 0) is 21.3 Å². The molecule has 7 nitrogen and oxygen atoms in total. The molecule has 0 aliphatic rings. The van der Waals surface area contributed by atoms with Gasteiger partial charge in [-0.2, -0.15) is 8.42 Å². The largest absolute Gasteiger partial charge is 0.481 e. The summed E-state index contributed by atoms with van der Waals surface area (Å²) in [5, 5.41) is 9.08. The van der Waals surface area contributed by atoms with E-state index >= 15 is 0 Å². The first kappa shape index (κ1) is 16.4. The van der Waals surface area contributed by atoms with E-state index < -0.39 is 22.0 Å². The molecule has 0 saturated carbocycles. The molecule has 8 heteroatoms. The van der Waals surface area contributed by atoms with Crippen molar-refractivity contribution in [3.63, 3.8) is 0 Å². The Morgan fingerprint density at radius 3 is 2.64 bits per heavy atom. The number of rotatable bonds is 6. The van der Waals surface area contributed by atoms with Crippen molar-refractivity contribution in [3.8, 4) is 0 Å². The van der Waals surface area contributed by atoms with E-state index in [2.05, 4.69) is 4.98 Å². The highest BCUT2D eigenvalue weighted by atomic mass is 32.2. The average Bonchev–Trinajstić information content (AvgIpc) is 2.78. The summed E-state index contributed by atoms with van der Waals surface area (Å²) in [7, 11) is -4.37. The minimum atomic E-state index is -4.37. The topological polar surface area (TPSA) is 118 Å². The molecule has 0 bridgehead atoms. The molecule has 1 aromatic carbocycles.